The Bertz CT molecular complexity index is 915. The van der Waals surface area contributed by atoms with Crippen LogP contribution in [0.1, 0.15) is 34.8 Å². The lowest BCUT2D eigenvalue weighted by molar-refractivity contribution is -0.384. The number of carboxylic acid groups (broad SMARTS) is 1. The van der Waals surface area contributed by atoms with E-state index in [4.69, 9.17) is 23.2 Å². The van der Waals surface area contributed by atoms with E-state index in [0.29, 0.717) is 22.0 Å². The van der Waals surface area contributed by atoms with Crippen molar-refractivity contribution in [1.82, 2.24) is 0 Å². The summed E-state index contributed by atoms with van der Waals surface area (Å²) in [5.74, 6) is -1.70. The zero-order valence-corrected chi connectivity index (χ0v) is 15.8. The summed E-state index contributed by atoms with van der Waals surface area (Å²) in [5.41, 5.74) is 0.388. The average Bonchev–Trinajstić information content (AvgIpc) is 2.60. The van der Waals surface area contributed by atoms with E-state index in [2.05, 4.69) is 5.32 Å². The molecule has 1 amide bonds. The minimum Gasteiger partial charge on any atom is -0.478 e. The van der Waals surface area contributed by atoms with Crippen molar-refractivity contribution < 1.29 is 19.6 Å². The van der Waals surface area contributed by atoms with E-state index in [1.54, 1.807) is 25.1 Å². The van der Waals surface area contributed by atoms with Gasteiger partial charge in [-0.25, -0.2) is 4.79 Å². The maximum atomic E-state index is 12.3. The number of nitro groups is 1. The van der Waals surface area contributed by atoms with Crippen molar-refractivity contribution in [3.63, 3.8) is 0 Å². The molecule has 27 heavy (non-hydrogen) atoms. The highest BCUT2D eigenvalue weighted by Gasteiger charge is 2.24. The molecule has 0 saturated heterocycles. The lowest BCUT2D eigenvalue weighted by Crippen LogP contribution is -2.17. The van der Waals surface area contributed by atoms with Crippen LogP contribution in [0, 0.1) is 10.1 Å². The third kappa shape index (κ3) is 4.96. The molecule has 9 heteroatoms. The highest BCUT2D eigenvalue weighted by molar-refractivity contribution is 6.35. The summed E-state index contributed by atoms with van der Waals surface area (Å²) in [4.78, 5) is 34.3. The molecular weight excluding hydrogens is 395 g/mol. The maximum Gasteiger partial charge on any atom is 0.336 e. The molecule has 0 spiro atoms. The number of amides is 1. The summed E-state index contributed by atoms with van der Waals surface area (Å²) >= 11 is 11.9. The van der Waals surface area contributed by atoms with Gasteiger partial charge in [-0.1, -0.05) is 36.2 Å². The number of anilines is 1. The van der Waals surface area contributed by atoms with Crippen molar-refractivity contribution in [2.75, 3.05) is 5.32 Å². The molecule has 0 atom stereocenters. The summed E-state index contributed by atoms with van der Waals surface area (Å²) in [6.07, 6.45) is 0.524. The molecule has 0 radical (unpaired) electrons. The summed E-state index contributed by atoms with van der Waals surface area (Å²) < 4.78 is 0. The van der Waals surface area contributed by atoms with Crippen molar-refractivity contribution in [2.45, 2.75) is 26.2 Å². The van der Waals surface area contributed by atoms with E-state index < -0.39 is 16.8 Å². The number of hydrogen-bond acceptors (Lipinski definition) is 4. The Morgan fingerprint density at radius 3 is 2.48 bits per heavy atom. The number of carboxylic acids is 1. The highest BCUT2D eigenvalue weighted by Crippen LogP contribution is 2.32. The number of hydrogen-bond donors (Lipinski definition) is 2. The third-order valence-corrected chi connectivity index (χ3v) is 4.56. The number of rotatable bonds is 7. The van der Waals surface area contributed by atoms with Crippen LogP contribution < -0.4 is 5.32 Å². The number of nitro benzene ring substituents is 1. The first kappa shape index (κ1) is 20.7. The van der Waals surface area contributed by atoms with Gasteiger partial charge in [-0.2, -0.15) is 0 Å². The van der Waals surface area contributed by atoms with Gasteiger partial charge in [-0.3, -0.25) is 14.9 Å². The van der Waals surface area contributed by atoms with Gasteiger partial charge >= 0.3 is 5.97 Å². The molecule has 0 heterocycles. The summed E-state index contributed by atoms with van der Waals surface area (Å²) in [6, 6.07) is 7.16. The molecule has 0 saturated carbocycles. The zero-order valence-electron chi connectivity index (χ0n) is 14.3. The fourth-order valence-corrected chi connectivity index (χ4v) is 3.17. The molecule has 0 aromatic heterocycles. The molecule has 2 aromatic carbocycles. The standard InChI is InChI=1S/C18H16Cl2N2O5/c1-2-12-13(18(24)25)6-7-15(22(26)27)17(12)21-16(23)8-4-10-3-5-11(19)9-14(10)20/h3,5-7,9H,2,4,8H2,1H3,(H,21,23)(H,24,25). The van der Waals surface area contributed by atoms with Crippen LogP contribution in [0.4, 0.5) is 11.4 Å². The first-order chi connectivity index (χ1) is 12.7. The fourth-order valence-electron chi connectivity index (χ4n) is 2.67. The first-order valence-electron chi connectivity index (χ1n) is 8.02. The summed E-state index contributed by atoms with van der Waals surface area (Å²) in [7, 11) is 0. The Morgan fingerprint density at radius 2 is 1.93 bits per heavy atom. The molecule has 0 unspecified atom stereocenters. The molecule has 142 valence electrons. The Labute approximate surface area is 165 Å². The number of nitrogens with zero attached hydrogens (tertiary/aromatic N) is 1. The van der Waals surface area contributed by atoms with Gasteiger partial charge in [0.15, 0.2) is 0 Å². The number of carbonyl (C=O) groups excluding carboxylic acids is 1. The second-order valence-corrected chi connectivity index (χ2v) is 6.53. The third-order valence-electron chi connectivity index (χ3n) is 3.97. The number of nitrogens with one attached hydrogen (secondary N) is 1. The van der Waals surface area contributed by atoms with Gasteiger partial charge in [0, 0.05) is 22.5 Å². The van der Waals surface area contributed by atoms with E-state index in [-0.39, 0.29) is 35.3 Å². The number of halogens is 2. The van der Waals surface area contributed by atoms with Crippen LogP contribution >= 0.6 is 23.2 Å². The van der Waals surface area contributed by atoms with E-state index in [9.17, 15) is 24.8 Å². The second kappa shape index (κ2) is 8.83. The second-order valence-electron chi connectivity index (χ2n) is 5.69. The van der Waals surface area contributed by atoms with Crippen molar-refractivity contribution in [3.05, 3.63) is 67.2 Å². The predicted octanol–water partition coefficient (Wildman–Crippen LogP) is 4.73. The van der Waals surface area contributed by atoms with E-state index in [0.717, 1.165) is 6.07 Å². The van der Waals surface area contributed by atoms with E-state index in [1.807, 2.05) is 0 Å². The zero-order chi connectivity index (χ0) is 20.1. The van der Waals surface area contributed by atoms with Gasteiger partial charge in [-0.15, -0.1) is 0 Å². The fraction of sp³-hybridized carbons (Fsp3) is 0.222. The van der Waals surface area contributed by atoms with Gasteiger partial charge in [0.1, 0.15) is 5.69 Å². The van der Waals surface area contributed by atoms with Crippen molar-refractivity contribution in [1.29, 1.82) is 0 Å². The van der Waals surface area contributed by atoms with E-state index in [1.165, 1.54) is 6.07 Å². The smallest absolute Gasteiger partial charge is 0.336 e. The summed E-state index contributed by atoms with van der Waals surface area (Å²) in [5, 5.41) is 24.0. The normalized spacial score (nSPS) is 10.5. The monoisotopic (exact) mass is 410 g/mol. The molecule has 2 rings (SSSR count). The maximum absolute atomic E-state index is 12.3. The topological polar surface area (TPSA) is 110 Å². The van der Waals surface area contributed by atoms with Crippen LogP contribution in [0.2, 0.25) is 10.0 Å². The predicted molar refractivity (Wildman–Crippen MR) is 103 cm³/mol. The van der Waals surface area contributed by atoms with Crippen LogP contribution in [0.3, 0.4) is 0 Å². The van der Waals surface area contributed by atoms with Crippen molar-refractivity contribution in [3.8, 4) is 0 Å². The molecule has 0 aliphatic heterocycles. The molecule has 0 aliphatic rings. The van der Waals surface area contributed by atoms with E-state index >= 15 is 0 Å². The first-order valence-corrected chi connectivity index (χ1v) is 8.77. The SMILES string of the molecule is CCc1c(C(=O)O)ccc([N+](=O)[O-])c1NC(=O)CCc1ccc(Cl)cc1Cl. The molecular formula is C18H16Cl2N2O5. The Morgan fingerprint density at radius 1 is 1.22 bits per heavy atom. The highest BCUT2D eigenvalue weighted by atomic mass is 35.5. The van der Waals surface area contributed by atoms with Crippen molar-refractivity contribution >= 4 is 46.5 Å². The quantitative estimate of drug-likeness (QED) is 0.506. The van der Waals surface area contributed by atoms with Crippen molar-refractivity contribution in [2.24, 2.45) is 0 Å². The van der Waals surface area contributed by atoms with Crippen LogP contribution in [0.5, 0.6) is 0 Å². The van der Waals surface area contributed by atoms with Gasteiger partial charge < -0.3 is 10.4 Å². The van der Waals surface area contributed by atoms with Gasteiger partial charge in [0.25, 0.3) is 5.69 Å². The minimum absolute atomic E-state index is 0.0129. The minimum atomic E-state index is -1.22. The van der Waals surface area contributed by atoms with Crippen LogP contribution in [0.25, 0.3) is 0 Å². The average molecular weight is 411 g/mol. The Hall–Kier alpha value is -2.64. The van der Waals surface area contributed by atoms with Gasteiger partial charge in [-0.05, 0) is 42.2 Å². The lowest BCUT2D eigenvalue weighted by Gasteiger charge is -2.13. The summed E-state index contributed by atoms with van der Waals surface area (Å²) in [6.45, 7) is 1.66. The number of aromatic carboxylic acids is 1. The van der Waals surface area contributed by atoms with Crippen LogP contribution in [-0.2, 0) is 17.6 Å². The molecule has 7 nitrogen and oxygen atoms in total. The molecule has 2 N–H and O–H groups in total. The largest absolute Gasteiger partial charge is 0.478 e. The number of benzene rings is 2. The number of carbonyl (C=O) groups is 2. The Balaban J connectivity index is 2.26. The molecule has 0 bridgehead atoms. The lowest BCUT2D eigenvalue weighted by atomic mass is 10.0. The molecule has 0 fully saturated rings. The molecule has 2 aromatic rings. The van der Waals surface area contributed by atoms with Gasteiger partial charge in [0.05, 0.1) is 10.5 Å². The van der Waals surface area contributed by atoms with Crippen LogP contribution in [-0.4, -0.2) is 21.9 Å². The number of aryl methyl sites for hydroxylation is 1. The van der Waals surface area contributed by atoms with Gasteiger partial charge in [0.2, 0.25) is 5.91 Å². The Kier molecular flexibility index (Phi) is 6.76. The van der Waals surface area contributed by atoms with Crippen LogP contribution in [0.15, 0.2) is 30.3 Å². The molecule has 0 aliphatic carbocycles.